The first-order valence-corrected chi connectivity index (χ1v) is 12.1. The number of rotatable bonds is 7. The minimum absolute atomic E-state index is 0.0629. The van der Waals surface area contributed by atoms with Crippen molar-refractivity contribution in [1.29, 1.82) is 0 Å². The highest BCUT2D eigenvalue weighted by Crippen LogP contribution is 2.27. The minimum Gasteiger partial charge on any atom is -0.356 e. The minimum atomic E-state index is -0.117. The maximum atomic E-state index is 12.5. The number of nitrogens with zero attached hydrogens (tertiary/aromatic N) is 4. The maximum Gasteiger partial charge on any atom is 0.275 e. The van der Waals surface area contributed by atoms with Crippen LogP contribution in [0.5, 0.6) is 0 Å². The highest BCUT2D eigenvalue weighted by Gasteiger charge is 2.26. The number of fused-ring (bicyclic) bond motifs is 1. The summed E-state index contributed by atoms with van der Waals surface area (Å²) in [4.78, 5) is 32.3. The molecule has 1 amide bonds. The lowest BCUT2D eigenvalue weighted by Gasteiger charge is -2.30. The van der Waals surface area contributed by atoms with Crippen molar-refractivity contribution in [3.05, 3.63) is 33.8 Å². The third kappa shape index (κ3) is 4.91. The Balaban J connectivity index is 1.30. The number of hydrogen-bond donors (Lipinski definition) is 1. The van der Waals surface area contributed by atoms with Crippen LogP contribution in [0, 0.1) is 5.92 Å². The summed E-state index contributed by atoms with van der Waals surface area (Å²) in [7, 11) is 0. The van der Waals surface area contributed by atoms with Crippen LogP contribution in [0.3, 0.4) is 0 Å². The van der Waals surface area contributed by atoms with E-state index >= 15 is 0 Å². The van der Waals surface area contributed by atoms with Gasteiger partial charge in [0.25, 0.3) is 5.56 Å². The Kier molecular flexibility index (Phi) is 6.82. The summed E-state index contributed by atoms with van der Waals surface area (Å²) in [6.07, 6.45) is 11.7. The van der Waals surface area contributed by atoms with E-state index in [0.717, 1.165) is 62.6 Å². The van der Waals surface area contributed by atoms with Gasteiger partial charge in [-0.2, -0.15) is 4.52 Å². The van der Waals surface area contributed by atoms with Gasteiger partial charge < -0.3 is 10.2 Å². The second kappa shape index (κ2) is 9.73. The molecule has 2 aromatic rings. The topological polar surface area (TPSA) is 79.6 Å². The molecule has 1 N–H and O–H groups in total. The normalized spacial score (nSPS) is 17.9. The SMILES string of the molecule is CCCc1cc(=O)n2nc(N3CCC(C(=O)NCCC4=CCCCC4)CC3)sc2n1. The molecule has 4 rings (SSSR count). The largest absolute Gasteiger partial charge is 0.356 e. The molecule has 8 heteroatoms. The number of aryl methyl sites for hydroxylation is 1. The molecule has 0 bridgehead atoms. The van der Waals surface area contributed by atoms with Crippen molar-refractivity contribution >= 4 is 27.3 Å². The summed E-state index contributed by atoms with van der Waals surface area (Å²) in [5.74, 6) is 0.241. The third-order valence-corrected chi connectivity index (χ3v) is 7.03. The summed E-state index contributed by atoms with van der Waals surface area (Å²) in [6.45, 7) is 4.38. The molecule has 7 nitrogen and oxygen atoms in total. The number of carbonyl (C=O) groups excluding carboxylic acids is 1. The summed E-state index contributed by atoms with van der Waals surface area (Å²) in [5.41, 5.74) is 2.21. The van der Waals surface area contributed by atoms with Gasteiger partial charge in [-0.05, 0) is 51.4 Å². The third-order valence-electron chi connectivity index (χ3n) is 6.06. The van der Waals surface area contributed by atoms with E-state index < -0.39 is 0 Å². The fraction of sp³-hybridized carbons (Fsp3) is 0.636. The molecule has 0 atom stereocenters. The van der Waals surface area contributed by atoms with Crippen LogP contribution >= 0.6 is 11.3 Å². The van der Waals surface area contributed by atoms with Crippen LogP contribution in [0.15, 0.2) is 22.5 Å². The Labute approximate surface area is 181 Å². The predicted molar refractivity (Wildman–Crippen MR) is 120 cm³/mol. The lowest BCUT2D eigenvalue weighted by molar-refractivity contribution is -0.125. The molecule has 1 fully saturated rings. The van der Waals surface area contributed by atoms with E-state index in [1.165, 1.54) is 47.1 Å². The van der Waals surface area contributed by atoms with E-state index in [4.69, 9.17) is 0 Å². The van der Waals surface area contributed by atoms with Gasteiger partial charge in [0.05, 0.1) is 0 Å². The predicted octanol–water partition coefficient (Wildman–Crippen LogP) is 3.33. The van der Waals surface area contributed by atoms with Crippen LogP contribution in [0.25, 0.3) is 4.96 Å². The lowest BCUT2D eigenvalue weighted by atomic mass is 9.95. The number of carbonyl (C=O) groups is 1. The molecule has 0 aromatic carbocycles. The first kappa shape index (κ1) is 21.0. The zero-order valence-electron chi connectivity index (χ0n) is 17.7. The molecule has 1 aliphatic heterocycles. The molecule has 1 aliphatic carbocycles. The fourth-order valence-electron chi connectivity index (χ4n) is 4.31. The average Bonchev–Trinajstić information content (AvgIpc) is 3.20. The number of allylic oxidation sites excluding steroid dienone is 1. The van der Waals surface area contributed by atoms with E-state index in [9.17, 15) is 9.59 Å². The molecule has 0 saturated carbocycles. The molecule has 0 radical (unpaired) electrons. The van der Waals surface area contributed by atoms with Crippen molar-refractivity contribution in [2.24, 2.45) is 5.92 Å². The van der Waals surface area contributed by atoms with Gasteiger partial charge in [-0.3, -0.25) is 9.59 Å². The number of anilines is 1. The average molecular weight is 430 g/mol. The van der Waals surface area contributed by atoms with Gasteiger partial charge >= 0.3 is 0 Å². The van der Waals surface area contributed by atoms with Gasteiger partial charge in [0.1, 0.15) is 0 Å². The van der Waals surface area contributed by atoms with Crippen molar-refractivity contribution < 1.29 is 4.79 Å². The highest BCUT2D eigenvalue weighted by atomic mass is 32.1. The van der Waals surface area contributed by atoms with Crippen LogP contribution in [0.2, 0.25) is 0 Å². The standard InChI is InChI=1S/C22H31N5O2S/c1-2-6-18-15-19(28)27-21(24-18)30-22(25-27)26-13-10-17(11-14-26)20(29)23-12-9-16-7-4-3-5-8-16/h7,15,17H,2-6,8-14H2,1H3,(H,23,29). The zero-order chi connectivity index (χ0) is 20.9. The fourth-order valence-corrected chi connectivity index (χ4v) is 5.29. The van der Waals surface area contributed by atoms with Gasteiger partial charge in [0.2, 0.25) is 16.0 Å². The van der Waals surface area contributed by atoms with Crippen LogP contribution in [0.1, 0.15) is 64.0 Å². The van der Waals surface area contributed by atoms with Crippen LogP contribution in [0.4, 0.5) is 5.13 Å². The van der Waals surface area contributed by atoms with Gasteiger partial charge in [-0.15, -0.1) is 5.10 Å². The molecule has 162 valence electrons. The highest BCUT2D eigenvalue weighted by molar-refractivity contribution is 7.20. The number of nitrogens with one attached hydrogen (secondary N) is 1. The van der Waals surface area contributed by atoms with Crippen molar-refractivity contribution in [1.82, 2.24) is 19.9 Å². The molecule has 2 aliphatic rings. The van der Waals surface area contributed by atoms with Crippen molar-refractivity contribution in [2.75, 3.05) is 24.5 Å². The van der Waals surface area contributed by atoms with E-state index in [1.54, 1.807) is 6.07 Å². The molecular weight excluding hydrogens is 398 g/mol. The molecule has 2 aromatic heterocycles. The molecule has 3 heterocycles. The second-order valence-electron chi connectivity index (χ2n) is 8.33. The Morgan fingerprint density at radius 2 is 2.10 bits per heavy atom. The van der Waals surface area contributed by atoms with Gasteiger partial charge in [-0.1, -0.05) is 36.3 Å². The molecule has 30 heavy (non-hydrogen) atoms. The summed E-state index contributed by atoms with van der Waals surface area (Å²) < 4.78 is 1.40. The van der Waals surface area contributed by atoms with Gasteiger partial charge in [0.15, 0.2) is 0 Å². The van der Waals surface area contributed by atoms with Crippen molar-refractivity contribution in [3.8, 4) is 0 Å². The summed E-state index contributed by atoms with van der Waals surface area (Å²) >= 11 is 1.46. The number of amides is 1. The lowest BCUT2D eigenvalue weighted by Crippen LogP contribution is -2.41. The van der Waals surface area contributed by atoms with E-state index in [1.807, 2.05) is 0 Å². The Hall–Kier alpha value is -2.22. The van der Waals surface area contributed by atoms with Crippen LogP contribution in [-0.2, 0) is 11.2 Å². The van der Waals surface area contributed by atoms with Crippen molar-refractivity contribution in [3.63, 3.8) is 0 Å². The smallest absolute Gasteiger partial charge is 0.275 e. The molecular formula is C22H31N5O2S. The monoisotopic (exact) mass is 429 g/mol. The van der Waals surface area contributed by atoms with E-state index in [2.05, 4.69) is 33.3 Å². The molecule has 1 saturated heterocycles. The quantitative estimate of drug-likeness (QED) is 0.683. The van der Waals surface area contributed by atoms with Gasteiger partial charge in [-0.25, -0.2) is 4.98 Å². The maximum absolute atomic E-state index is 12.5. The van der Waals surface area contributed by atoms with Crippen LogP contribution in [-0.4, -0.2) is 40.1 Å². The first-order chi connectivity index (χ1) is 14.6. The van der Waals surface area contributed by atoms with Gasteiger partial charge in [0, 0.05) is 37.3 Å². The molecule has 0 spiro atoms. The number of hydrogen-bond acceptors (Lipinski definition) is 6. The van der Waals surface area contributed by atoms with Crippen molar-refractivity contribution in [2.45, 2.75) is 64.7 Å². The van der Waals surface area contributed by atoms with Crippen LogP contribution < -0.4 is 15.8 Å². The first-order valence-electron chi connectivity index (χ1n) is 11.2. The molecule has 0 unspecified atom stereocenters. The Bertz CT molecular complexity index is 972. The number of piperidine rings is 1. The summed E-state index contributed by atoms with van der Waals surface area (Å²) in [5, 5.41) is 8.44. The Morgan fingerprint density at radius 1 is 1.27 bits per heavy atom. The Morgan fingerprint density at radius 3 is 2.83 bits per heavy atom. The van der Waals surface area contributed by atoms with E-state index in [-0.39, 0.29) is 17.4 Å². The second-order valence-corrected chi connectivity index (χ2v) is 9.26. The number of aromatic nitrogens is 3. The zero-order valence-corrected chi connectivity index (χ0v) is 18.5. The summed E-state index contributed by atoms with van der Waals surface area (Å²) in [6, 6.07) is 1.58. The van der Waals surface area contributed by atoms with E-state index in [0.29, 0.717) is 4.96 Å².